The number of hydrogen-bond acceptors (Lipinski definition) is 4. The van der Waals surface area contributed by atoms with Crippen molar-refractivity contribution in [1.29, 1.82) is 0 Å². The highest BCUT2D eigenvalue weighted by atomic mass is 35.5. The topological polar surface area (TPSA) is 53.4 Å². The summed E-state index contributed by atoms with van der Waals surface area (Å²) in [7, 11) is 0. The predicted molar refractivity (Wildman–Crippen MR) is 73.4 cm³/mol. The van der Waals surface area contributed by atoms with E-state index in [0.717, 1.165) is 10.2 Å². The zero-order valence-electron chi connectivity index (χ0n) is 9.09. The minimum absolute atomic E-state index is 0.00959. The van der Waals surface area contributed by atoms with Crippen LogP contribution in [-0.2, 0) is 0 Å². The maximum absolute atomic E-state index is 9.48. The van der Waals surface area contributed by atoms with Gasteiger partial charge in [-0.3, -0.25) is 0 Å². The number of halogens is 1. The maximum Gasteiger partial charge on any atom is 0.124 e. The largest absolute Gasteiger partial charge is 0.508 e. The third-order valence-corrected chi connectivity index (χ3v) is 4.10. The highest BCUT2D eigenvalue weighted by molar-refractivity contribution is 7.22. The molecule has 0 saturated heterocycles. The summed E-state index contributed by atoms with van der Waals surface area (Å²) in [4.78, 5) is 4.44. The molecule has 3 rings (SSSR count). The van der Waals surface area contributed by atoms with E-state index >= 15 is 0 Å². The third kappa shape index (κ3) is 1.89. The fraction of sp³-hybridized carbons (Fsp3) is 0. The van der Waals surface area contributed by atoms with Crippen molar-refractivity contribution in [2.24, 2.45) is 0 Å². The Balaban J connectivity index is 2.22. The molecule has 3 nitrogen and oxygen atoms in total. The molecule has 5 heteroatoms. The molecule has 0 radical (unpaired) electrons. The van der Waals surface area contributed by atoms with Crippen LogP contribution >= 0.6 is 22.9 Å². The standard InChI is InChI=1S/C13H8ClNO2S/c14-10-2-1-3-11-12(10)18-13(15-11)7-4-8(16)6-9(17)5-7/h1-6,16-17H. The first-order chi connectivity index (χ1) is 8.63. The Morgan fingerprint density at radius 2 is 1.78 bits per heavy atom. The smallest absolute Gasteiger partial charge is 0.124 e. The molecule has 0 amide bonds. The lowest BCUT2D eigenvalue weighted by Gasteiger charge is -1.99. The number of rotatable bonds is 1. The van der Waals surface area contributed by atoms with Crippen molar-refractivity contribution in [2.75, 3.05) is 0 Å². The molecule has 0 aliphatic rings. The van der Waals surface area contributed by atoms with Crippen LogP contribution in [0, 0.1) is 0 Å². The van der Waals surface area contributed by atoms with Crippen LogP contribution in [0.15, 0.2) is 36.4 Å². The van der Waals surface area contributed by atoms with Gasteiger partial charge in [0, 0.05) is 11.6 Å². The molecule has 1 aromatic heterocycles. The molecule has 0 atom stereocenters. The van der Waals surface area contributed by atoms with Gasteiger partial charge in [-0.2, -0.15) is 0 Å². The average Bonchev–Trinajstić information content (AvgIpc) is 2.73. The molecule has 1 heterocycles. The predicted octanol–water partition coefficient (Wildman–Crippen LogP) is 4.03. The Bertz CT molecular complexity index is 719. The van der Waals surface area contributed by atoms with Crippen LogP contribution in [0.3, 0.4) is 0 Å². The number of phenolic OH excluding ortho intramolecular Hbond substituents is 2. The first kappa shape index (κ1) is 11.3. The number of hydrogen-bond donors (Lipinski definition) is 2. The van der Waals surface area contributed by atoms with E-state index in [1.165, 1.54) is 17.4 Å². The van der Waals surface area contributed by atoms with Crippen molar-refractivity contribution in [1.82, 2.24) is 4.98 Å². The van der Waals surface area contributed by atoms with Crippen LogP contribution in [0.4, 0.5) is 0 Å². The summed E-state index contributed by atoms with van der Waals surface area (Å²) in [6.45, 7) is 0. The number of phenols is 2. The quantitative estimate of drug-likeness (QED) is 0.706. The zero-order valence-corrected chi connectivity index (χ0v) is 10.7. The molecule has 3 aromatic rings. The fourth-order valence-electron chi connectivity index (χ4n) is 1.76. The molecule has 2 N–H and O–H groups in total. The number of nitrogens with zero attached hydrogens (tertiary/aromatic N) is 1. The van der Waals surface area contributed by atoms with E-state index in [0.29, 0.717) is 15.6 Å². The molecule has 18 heavy (non-hydrogen) atoms. The van der Waals surface area contributed by atoms with Crippen LogP contribution in [0.5, 0.6) is 11.5 Å². The lowest BCUT2D eigenvalue weighted by Crippen LogP contribution is -1.76. The van der Waals surface area contributed by atoms with Gasteiger partial charge in [0.15, 0.2) is 0 Å². The monoisotopic (exact) mass is 277 g/mol. The summed E-state index contributed by atoms with van der Waals surface area (Å²) < 4.78 is 0.900. The van der Waals surface area contributed by atoms with Crippen LogP contribution in [0.2, 0.25) is 5.02 Å². The van der Waals surface area contributed by atoms with E-state index in [1.54, 1.807) is 12.1 Å². The summed E-state index contributed by atoms with van der Waals surface area (Å²) in [6, 6.07) is 9.93. The minimum atomic E-state index is 0.00959. The van der Waals surface area contributed by atoms with Crippen molar-refractivity contribution in [3.05, 3.63) is 41.4 Å². The molecule has 0 aliphatic carbocycles. The molecule has 0 bridgehead atoms. The van der Waals surface area contributed by atoms with E-state index < -0.39 is 0 Å². The Hall–Kier alpha value is -1.78. The van der Waals surface area contributed by atoms with Gasteiger partial charge < -0.3 is 10.2 Å². The Kier molecular flexibility index (Phi) is 2.61. The Morgan fingerprint density at radius 1 is 1.06 bits per heavy atom. The summed E-state index contributed by atoms with van der Waals surface area (Å²) in [5, 5.41) is 20.3. The second-order valence-corrected chi connectivity index (χ2v) is 5.25. The van der Waals surface area contributed by atoms with Gasteiger partial charge in [-0.15, -0.1) is 11.3 Å². The van der Waals surface area contributed by atoms with Crippen molar-refractivity contribution in [2.45, 2.75) is 0 Å². The maximum atomic E-state index is 9.48. The average molecular weight is 278 g/mol. The summed E-state index contributed by atoms with van der Waals surface area (Å²) in [5.74, 6) is 0.0192. The van der Waals surface area contributed by atoms with E-state index in [-0.39, 0.29) is 11.5 Å². The van der Waals surface area contributed by atoms with Gasteiger partial charge in [0.2, 0.25) is 0 Å². The van der Waals surface area contributed by atoms with Crippen molar-refractivity contribution in [3.8, 4) is 22.1 Å². The molecule has 0 fully saturated rings. The lowest BCUT2D eigenvalue weighted by atomic mass is 10.2. The number of benzene rings is 2. The van der Waals surface area contributed by atoms with Gasteiger partial charge >= 0.3 is 0 Å². The molecule has 0 saturated carbocycles. The second kappa shape index (κ2) is 4.15. The van der Waals surface area contributed by atoms with Gasteiger partial charge in [-0.25, -0.2) is 4.98 Å². The Labute approximate surface area is 112 Å². The minimum Gasteiger partial charge on any atom is -0.508 e. The number of aromatic hydroxyl groups is 2. The molecule has 2 aromatic carbocycles. The fourth-order valence-corrected chi connectivity index (χ4v) is 3.00. The van der Waals surface area contributed by atoms with Gasteiger partial charge in [0.25, 0.3) is 0 Å². The molecule has 0 spiro atoms. The van der Waals surface area contributed by atoms with Crippen LogP contribution in [-0.4, -0.2) is 15.2 Å². The van der Waals surface area contributed by atoms with E-state index in [2.05, 4.69) is 4.98 Å². The first-order valence-corrected chi connectivity index (χ1v) is 6.41. The van der Waals surface area contributed by atoms with Crippen LogP contribution in [0.1, 0.15) is 0 Å². The summed E-state index contributed by atoms with van der Waals surface area (Å²) in [6.07, 6.45) is 0. The van der Waals surface area contributed by atoms with Gasteiger partial charge in [0.1, 0.15) is 16.5 Å². The number of thiazole rings is 1. The first-order valence-electron chi connectivity index (χ1n) is 5.22. The van der Waals surface area contributed by atoms with Crippen molar-refractivity contribution >= 4 is 33.2 Å². The molecular weight excluding hydrogens is 270 g/mol. The number of aromatic nitrogens is 1. The molecule has 90 valence electrons. The zero-order chi connectivity index (χ0) is 12.7. The van der Waals surface area contributed by atoms with Crippen molar-refractivity contribution in [3.63, 3.8) is 0 Å². The van der Waals surface area contributed by atoms with Crippen LogP contribution in [0.25, 0.3) is 20.8 Å². The Morgan fingerprint density at radius 3 is 2.44 bits per heavy atom. The van der Waals surface area contributed by atoms with Gasteiger partial charge in [-0.1, -0.05) is 17.7 Å². The normalized spacial score (nSPS) is 10.9. The van der Waals surface area contributed by atoms with Crippen molar-refractivity contribution < 1.29 is 10.2 Å². The van der Waals surface area contributed by atoms with Gasteiger partial charge in [-0.05, 0) is 24.3 Å². The molecular formula is C13H8ClNO2S. The SMILES string of the molecule is Oc1cc(O)cc(-c2nc3cccc(Cl)c3s2)c1. The second-order valence-electron chi connectivity index (χ2n) is 3.85. The number of fused-ring (bicyclic) bond motifs is 1. The lowest BCUT2D eigenvalue weighted by molar-refractivity contribution is 0.451. The third-order valence-electron chi connectivity index (χ3n) is 2.52. The van der Waals surface area contributed by atoms with E-state index in [4.69, 9.17) is 11.6 Å². The van der Waals surface area contributed by atoms with Gasteiger partial charge in [0.05, 0.1) is 15.2 Å². The highest BCUT2D eigenvalue weighted by Crippen LogP contribution is 2.36. The highest BCUT2D eigenvalue weighted by Gasteiger charge is 2.10. The molecule has 0 unspecified atom stereocenters. The summed E-state index contributed by atoms with van der Waals surface area (Å²) in [5.41, 5.74) is 1.48. The van der Waals surface area contributed by atoms with Crippen LogP contribution < -0.4 is 0 Å². The molecule has 0 aliphatic heterocycles. The summed E-state index contributed by atoms with van der Waals surface area (Å²) >= 11 is 7.52. The van der Waals surface area contributed by atoms with E-state index in [1.807, 2.05) is 18.2 Å². The van der Waals surface area contributed by atoms with E-state index in [9.17, 15) is 10.2 Å².